The first-order chi connectivity index (χ1) is 15.0. The predicted octanol–water partition coefficient (Wildman–Crippen LogP) is 6.25. The smallest absolute Gasteiger partial charge is 0.255 e. The lowest BCUT2D eigenvalue weighted by Crippen LogP contribution is -2.13. The maximum absolute atomic E-state index is 12.9. The zero-order chi connectivity index (χ0) is 21.8. The van der Waals surface area contributed by atoms with E-state index in [0.717, 1.165) is 17.0 Å². The monoisotopic (exact) mass is 431 g/mol. The van der Waals surface area contributed by atoms with Gasteiger partial charge in [-0.3, -0.25) is 9.48 Å². The lowest BCUT2D eigenvalue weighted by molar-refractivity contribution is 0.102. The summed E-state index contributed by atoms with van der Waals surface area (Å²) in [4.78, 5) is 12.9. The minimum atomic E-state index is -0.216. The number of amides is 1. The molecule has 5 nitrogen and oxygen atoms in total. The Morgan fingerprint density at radius 3 is 2.48 bits per heavy atom. The highest BCUT2D eigenvalue weighted by Gasteiger charge is 2.16. The van der Waals surface area contributed by atoms with Crippen molar-refractivity contribution in [3.05, 3.63) is 106 Å². The summed E-state index contributed by atoms with van der Waals surface area (Å²) < 4.78 is 7.71. The van der Waals surface area contributed by atoms with Gasteiger partial charge in [0.05, 0.1) is 23.6 Å². The van der Waals surface area contributed by atoms with Gasteiger partial charge in [0.1, 0.15) is 11.5 Å². The third-order valence-electron chi connectivity index (χ3n) is 4.92. The molecule has 0 saturated carbocycles. The minimum absolute atomic E-state index is 0.216. The Morgan fingerprint density at radius 1 is 0.968 bits per heavy atom. The SMILES string of the molecule is Cc1nn(Cc2cccc(Cl)c2)c(C)c1NC(=O)c1cccc(Oc2ccccc2)c1. The zero-order valence-electron chi connectivity index (χ0n) is 17.3. The summed E-state index contributed by atoms with van der Waals surface area (Å²) in [6.07, 6.45) is 0. The topological polar surface area (TPSA) is 56.2 Å². The van der Waals surface area contributed by atoms with Gasteiger partial charge < -0.3 is 10.1 Å². The van der Waals surface area contributed by atoms with Gasteiger partial charge in [-0.15, -0.1) is 0 Å². The molecule has 1 N–H and O–H groups in total. The number of nitrogens with zero attached hydrogens (tertiary/aromatic N) is 2. The van der Waals surface area contributed by atoms with Crippen LogP contribution in [-0.2, 0) is 6.54 Å². The molecule has 4 rings (SSSR count). The lowest BCUT2D eigenvalue weighted by atomic mass is 10.2. The fourth-order valence-electron chi connectivity index (χ4n) is 3.35. The second-order valence-corrected chi connectivity index (χ2v) is 7.67. The van der Waals surface area contributed by atoms with Crippen LogP contribution in [0, 0.1) is 13.8 Å². The average Bonchev–Trinajstić information content (AvgIpc) is 3.02. The van der Waals surface area contributed by atoms with E-state index in [4.69, 9.17) is 16.3 Å². The maximum atomic E-state index is 12.9. The molecule has 0 aliphatic carbocycles. The van der Waals surface area contributed by atoms with Crippen LogP contribution in [0.3, 0.4) is 0 Å². The Morgan fingerprint density at radius 2 is 1.71 bits per heavy atom. The van der Waals surface area contributed by atoms with Gasteiger partial charge in [0.15, 0.2) is 0 Å². The molecular formula is C25H22ClN3O2. The Hall–Kier alpha value is -3.57. The van der Waals surface area contributed by atoms with Crippen LogP contribution < -0.4 is 10.1 Å². The molecule has 1 heterocycles. The number of aryl methyl sites for hydroxylation is 1. The first-order valence-corrected chi connectivity index (χ1v) is 10.3. The first-order valence-electron chi connectivity index (χ1n) is 9.92. The van der Waals surface area contributed by atoms with Gasteiger partial charge in [0, 0.05) is 10.6 Å². The van der Waals surface area contributed by atoms with Gasteiger partial charge >= 0.3 is 0 Å². The third-order valence-corrected chi connectivity index (χ3v) is 5.15. The predicted molar refractivity (Wildman–Crippen MR) is 123 cm³/mol. The first kappa shape index (κ1) is 20.7. The summed E-state index contributed by atoms with van der Waals surface area (Å²) in [5.41, 5.74) is 3.89. The van der Waals surface area contributed by atoms with Crippen LogP contribution in [0.5, 0.6) is 11.5 Å². The van der Waals surface area contributed by atoms with Gasteiger partial charge in [-0.25, -0.2) is 0 Å². The van der Waals surface area contributed by atoms with Crippen molar-refractivity contribution in [3.8, 4) is 11.5 Å². The minimum Gasteiger partial charge on any atom is -0.457 e. The molecule has 0 bridgehead atoms. The summed E-state index contributed by atoms with van der Waals surface area (Å²) in [5, 5.41) is 8.27. The van der Waals surface area contributed by atoms with E-state index in [1.165, 1.54) is 0 Å². The van der Waals surface area contributed by atoms with Crippen molar-refractivity contribution in [1.29, 1.82) is 0 Å². The van der Waals surface area contributed by atoms with Gasteiger partial charge in [0.2, 0.25) is 0 Å². The molecule has 0 saturated heterocycles. The van der Waals surface area contributed by atoms with E-state index in [9.17, 15) is 4.79 Å². The number of nitrogens with one attached hydrogen (secondary N) is 1. The molecular weight excluding hydrogens is 410 g/mol. The quantitative estimate of drug-likeness (QED) is 0.392. The van der Waals surface area contributed by atoms with Gasteiger partial charge in [0.25, 0.3) is 5.91 Å². The standard InChI is InChI=1S/C25H22ClN3O2/c1-17-24(18(2)29(28-17)16-19-8-6-10-21(26)14-19)27-25(30)20-9-7-13-23(15-20)31-22-11-4-3-5-12-22/h3-15H,16H2,1-2H3,(H,27,30). The fraction of sp³-hybridized carbons (Fsp3) is 0.120. The molecule has 1 amide bonds. The maximum Gasteiger partial charge on any atom is 0.255 e. The van der Waals surface area contributed by atoms with Crippen molar-refractivity contribution in [3.63, 3.8) is 0 Å². The summed E-state index contributed by atoms with van der Waals surface area (Å²) in [7, 11) is 0. The number of rotatable bonds is 6. The Bertz CT molecular complexity index is 1220. The Labute approximate surface area is 186 Å². The van der Waals surface area contributed by atoms with Crippen LogP contribution in [0.4, 0.5) is 5.69 Å². The highest BCUT2D eigenvalue weighted by atomic mass is 35.5. The Balaban J connectivity index is 1.51. The molecule has 3 aromatic carbocycles. The molecule has 1 aromatic heterocycles. The Kier molecular flexibility index (Phi) is 6.05. The summed E-state index contributed by atoms with van der Waals surface area (Å²) in [6, 6.07) is 24.2. The number of halogens is 1. The number of hydrogen-bond donors (Lipinski definition) is 1. The van der Waals surface area contributed by atoms with Gasteiger partial charge in [-0.05, 0) is 61.9 Å². The van der Waals surface area contributed by atoms with E-state index in [-0.39, 0.29) is 5.91 Å². The lowest BCUT2D eigenvalue weighted by Gasteiger charge is -2.09. The summed E-state index contributed by atoms with van der Waals surface area (Å²) in [6.45, 7) is 4.39. The number of anilines is 1. The van der Waals surface area contributed by atoms with Gasteiger partial charge in [-0.2, -0.15) is 5.10 Å². The molecule has 0 unspecified atom stereocenters. The molecule has 0 aliphatic rings. The van der Waals surface area contributed by atoms with Crippen LogP contribution in [0.25, 0.3) is 0 Å². The summed E-state index contributed by atoms with van der Waals surface area (Å²) in [5.74, 6) is 1.10. The van der Waals surface area contributed by atoms with Crippen molar-refractivity contribution in [1.82, 2.24) is 9.78 Å². The van der Waals surface area contributed by atoms with Crippen molar-refractivity contribution >= 4 is 23.2 Å². The molecule has 0 radical (unpaired) electrons. The van der Waals surface area contributed by atoms with E-state index >= 15 is 0 Å². The molecule has 156 valence electrons. The fourth-order valence-corrected chi connectivity index (χ4v) is 3.56. The van der Waals surface area contributed by atoms with Crippen LogP contribution in [0.1, 0.15) is 27.3 Å². The number of aromatic nitrogens is 2. The van der Waals surface area contributed by atoms with Crippen molar-refractivity contribution in [2.24, 2.45) is 0 Å². The molecule has 0 atom stereocenters. The number of hydrogen-bond acceptors (Lipinski definition) is 3. The normalized spacial score (nSPS) is 10.7. The molecule has 4 aromatic rings. The van der Waals surface area contributed by atoms with Gasteiger partial charge in [-0.1, -0.05) is 48.0 Å². The highest BCUT2D eigenvalue weighted by molar-refractivity contribution is 6.30. The highest BCUT2D eigenvalue weighted by Crippen LogP contribution is 2.25. The summed E-state index contributed by atoms with van der Waals surface area (Å²) >= 11 is 6.09. The zero-order valence-corrected chi connectivity index (χ0v) is 18.1. The van der Waals surface area contributed by atoms with Crippen LogP contribution >= 0.6 is 11.6 Å². The average molecular weight is 432 g/mol. The number of para-hydroxylation sites is 1. The van der Waals surface area contributed by atoms with Crippen LogP contribution in [0.15, 0.2) is 78.9 Å². The second-order valence-electron chi connectivity index (χ2n) is 7.23. The molecule has 31 heavy (non-hydrogen) atoms. The molecule has 0 aliphatic heterocycles. The number of benzene rings is 3. The molecule has 6 heteroatoms. The van der Waals surface area contributed by atoms with Crippen molar-refractivity contribution < 1.29 is 9.53 Å². The van der Waals surface area contributed by atoms with Crippen molar-refractivity contribution in [2.75, 3.05) is 5.32 Å². The van der Waals surface area contributed by atoms with E-state index in [0.29, 0.717) is 34.3 Å². The largest absolute Gasteiger partial charge is 0.457 e. The number of ether oxygens (including phenoxy) is 1. The van der Waals surface area contributed by atoms with Crippen LogP contribution in [0.2, 0.25) is 5.02 Å². The number of carbonyl (C=O) groups excluding carboxylic acids is 1. The number of carbonyl (C=O) groups is 1. The third kappa shape index (κ3) is 4.95. The van der Waals surface area contributed by atoms with E-state index in [1.54, 1.807) is 18.2 Å². The molecule has 0 spiro atoms. The van der Waals surface area contributed by atoms with E-state index < -0.39 is 0 Å². The van der Waals surface area contributed by atoms with E-state index in [2.05, 4.69) is 10.4 Å². The second kappa shape index (κ2) is 9.06. The molecule has 0 fully saturated rings. The van der Waals surface area contributed by atoms with Crippen molar-refractivity contribution in [2.45, 2.75) is 20.4 Å². The van der Waals surface area contributed by atoms with E-state index in [1.807, 2.05) is 79.2 Å². The van der Waals surface area contributed by atoms with Crippen LogP contribution in [-0.4, -0.2) is 15.7 Å².